The summed E-state index contributed by atoms with van der Waals surface area (Å²) in [6.07, 6.45) is 0. The van der Waals surface area contributed by atoms with E-state index >= 15 is 0 Å². The molecule has 2 aromatic rings. The lowest BCUT2D eigenvalue weighted by molar-refractivity contribution is -0.256. The number of benzene rings is 2. The van der Waals surface area contributed by atoms with Crippen LogP contribution in [0.1, 0.15) is 36.6 Å². The highest BCUT2D eigenvalue weighted by atomic mass is 17.2. The van der Waals surface area contributed by atoms with E-state index in [0.29, 0.717) is 16.5 Å². The number of fused-ring (bicyclic) bond motifs is 4. The fraction of sp³-hybridized carbons (Fsp3) is 0.0714. The quantitative estimate of drug-likeness (QED) is 0.412. The molecule has 0 unspecified atom stereocenters. The molecule has 0 saturated heterocycles. The first-order chi connectivity index (χ1) is 9.65. The van der Waals surface area contributed by atoms with Gasteiger partial charge in [0.2, 0.25) is 0 Å². The smallest absolute Gasteiger partial charge is 0.373 e. The molecule has 0 amide bonds. The molecule has 0 atom stereocenters. The zero-order chi connectivity index (χ0) is 13.9. The summed E-state index contributed by atoms with van der Waals surface area (Å²) in [7, 11) is 0. The summed E-state index contributed by atoms with van der Waals surface area (Å²) in [6.45, 7) is 0.0974. The van der Waals surface area contributed by atoms with E-state index in [4.69, 9.17) is 4.89 Å². The van der Waals surface area contributed by atoms with E-state index in [1.165, 1.54) is 0 Å². The predicted octanol–water partition coefficient (Wildman–Crippen LogP) is 1.75. The molecule has 0 N–H and O–H groups in total. The van der Waals surface area contributed by atoms with Crippen LogP contribution in [0.25, 0.3) is 10.8 Å². The molecule has 0 radical (unpaired) electrons. The van der Waals surface area contributed by atoms with Gasteiger partial charge in [-0.25, -0.2) is 14.4 Å². The molecular weight excluding hydrogens is 264 g/mol. The number of hydrogen-bond donors (Lipinski definition) is 0. The highest BCUT2D eigenvalue weighted by molar-refractivity contribution is 6.17. The van der Waals surface area contributed by atoms with Crippen molar-refractivity contribution in [1.82, 2.24) is 0 Å². The van der Waals surface area contributed by atoms with Gasteiger partial charge in [-0.15, -0.1) is 0 Å². The van der Waals surface area contributed by atoms with Crippen LogP contribution in [0.2, 0.25) is 0 Å². The summed E-state index contributed by atoms with van der Waals surface area (Å²) in [4.78, 5) is 43.9. The first-order valence-electron chi connectivity index (χ1n) is 5.85. The second-order valence-corrected chi connectivity index (χ2v) is 4.52. The summed E-state index contributed by atoms with van der Waals surface area (Å²) >= 11 is 0. The molecule has 2 aliphatic heterocycles. The van der Waals surface area contributed by atoms with Crippen molar-refractivity contribution in [3.05, 3.63) is 46.5 Å². The van der Waals surface area contributed by atoms with Gasteiger partial charge in [-0.3, -0.25) is 4.89 Å². The normalized spacial score (nSPS) is 16.7. The minimum atomic E-state index is -0.677. The largest absolute Gasteiger partial charge is 0.386 e. The molecule has 98 valence electrons. The standard InChI is InChI=1S/C14H6O6/c15-12-9-3-6-1-2-7-11(5-18-20-14(7)17)8(6)4-10(9)13(16)19-12/h1-4H,5H2. The Bertz CT molecular complexity index is 820. The topological polar surface area (TPSA) is 78.9 Å². The molecule has 0 aromatic heterocycles. The fourth-order valence-corrected chi connectivity index (χ4v) is 2.50. The Kier molecular flexibility index (Phi) is 2.03. The third-order valence-corrected chi connectivity index (χ3v) is 3.45. The molecule has 0 bridgehead atoms. The van der Waals surface area contributed by atoms with Crippen LogP contribution >= 0.6 is 0 Å². The van der Waals surface area contributed by atoms with E-state index in [9.17, 15) is 14.4 Å². The van der Waals surface area contributed by atoms with E-state index in [2.05, 4.69) is 9.62 Å². The Balaban J connectivity index is 2.07. The molecular formula is C14H6O6. The van der Waals surface area contributed by atoms with Crippen LogP contribution < -0.4 is 0 Å². The molecule has 2 heterocycles. The third kappa shape index (κ3) is 1.33. The van der Waals surface area contributed by atoms with Gasteiger partial charge in [0, 0.05) is 5.56 Å². The Labute approximate surface area is 111 Å². The molecule has 6 nitrogen and oxygen atoms in total. The average molecular weight is 270 g/mol. The number of carbonyl (C=O) groups excluding carboxylic acids is 3. The molecule has 4 rings (SSSR count). The SMILES string of the molecule is O=C1OC(=O)c2cc3c4c(ccc3cc21)C(=O)OOC4. The molecule has 0 aliphatic carbocycles. The van der Waals surface area contributed by atoms with Gasteiger partial charge in [0.05, 0.1) is 16.7 Å². The van der Waals surface area contributed by atoms with Gasteiger partial charge in [-0.05, 0) is 29.0 Å². The lowest BCUT2D eigenvalue weighted by Crippen LogP contribution is -2.16. The van der Waals surface area contributed by atoms with Crippen LogP contribution in [-0.4, -0.2) is 17.9 Å². The van der Waals surface area contributed by atoms with E-state index < -0.39 is 17.9 Å². The number of rotatable bonds is 0. The molecule has 20 heavy (non-hydrogen) atoms. The lowest BCUT2D eigenvalue weighted by atomic mass is 9.95. The molecule has 2 aromatic carbocycles. The van der Waals surface area contributed by atoms with Crippen LogP contribution in [0.5, 0.6) is 0 Å². The molecule has 0 saturated carbocycles. The second-order valence-electron chi connectivity index (χ2n) is 4.52. The van der Waals surface area contributed by atoms with Crippen LogP contribution in [-0.2, 0) is 21.1 Å². The van der Waals surface area contributed by atoms with E-state index in [-0.39, 0.29) is 17.7 Å². The Morgan fingerprint density at radius 2 is 1.60 bits per heavy atom. The third-order valence-electron chi connectivity index (χ3n) is 3.45. The number of ether oxygens (including phenoxy) is 1. The highest BCUT2D eigenvalue weighted by Crippen LogP contribution is 2.31. The summed E-state index contributed by atoms with van der Waals surface area (Å²) < 4.78 is 4.57. The Morgan fingerprint density at radius 1 is 0.850 bits per heavy atom. The van der Waals surface area contributed by atoms with Gasteiger partial charge in [0.25, 0.3) is 0 Å². The fourth-order valence-electron chi connectivity index (χ4n) is 2.50. The Morgan fingerprint density at radius 3 is 2.40 bits per heavy atom. The van der Waals surface area contributed by atoms with Crippen molar-refractivity contribution in [3.63, 3.8) is 0 Å². The van der Waals surface area contributed by atoms with Crippen molar-refractivity contribution in [3.8, 4) is 0 Å². The number of esters is 2. The van der Waals surface area contributed by atoms with Gasteiger partial charge in [0.15, 0.2) is 0 Å². The maximum Gasteiger partial charge on any atom is 0.373 e. The second kappa shape index (κ2) is 3.64. The molecule has 2 aliphatic rings. The first-order valence-corrected chi connectivity index (χ1v) is 5.85. The van der Waals surface area contributed by atoms with Crippen LogP contribution in [0, 0.1) is 0 Å². The van der Waals surface area contributed by atoms with Crippen molar-refractivity contribution < 1.29 is 28.9 Å². The van der Waals surface area contributed by atoms with Crippen molar-refractivity contribution in [2.24, 2.45) is 0 Å². The lowest BCUT2D eigenvalue weighted by Gasteiger charge is -2.16. The first kappa shape index (κ1) is 11.1. The van der Waals surface area contributed by atoms with Crippen molar-refractivity contribution in [2.45, 2.75) is 6.61 Å². The van der Waals surface area contributed by atoms with E-state index in [1.54, 1.807) is 24.3 Å². The van der Waals surface area contributed by atoms with Crippen molar-refractivity contribution in [1.29, 1.82) is 0 Å². The van der Waals surface area contributed by atoms with Crippen LogP contribution in [0.4, 0.5) is 0 Å². The van der Waals surface area contributed by atoms with Gasteiger partial charge in [-0.1, -0.05) is 6.07 Å². The monoisotopic (exact) mass is 270 g/mol. The number of hydrogen-bond acceptors (Lipinski definition) is 6. The zero-order valence-corrected chi connectivity index (χ0v) is 9.97. The van der Waals surface area contributed by atoms with Gasteiger partial charge in [0.1, 0.15) is 6.61 Å². The average Bonchev–Trinajstić information content (AvgIpc) is 2.72. The van der Waals surface area contributed by atoms with Gasteiger partial charge in [-0.2, -0.15) is 4.89 Å². The minimum Gasteiger partial charge on any atom is -0.386 e. The summed E-state index contributed by atoms with van der Waals surface area (Å²) in [6, 6.07) is 6.44. The molecule has 6 heteroatoms. The maximum absolute atomic E-state index is 11.6. The molecule has 0 fully saturated rings. The summed E-state index contributed by atoms with van der Waals surface area (Å²) in [5.41, 5.74) is 1.46. The van der Waals surface area contributed by atoms with E-state index in [1.807, 2.05) is 0 Å². The van der Waals surface area contributed by atoms with Crippen molar-refractivity contribution in [2.75, 3.05) is 0 Å². The predicted molar refractivity (Wildman–Crippen MR) is 63.9 cm³/mol. The molecule has 0 spiro atoms. The minimum absolute atomic E-state index is 0.0974. The number of carbonyl (C=O) groups is 3. The van der Waals surface area contributed by atoms with Crippen LogP contribution in [0.3, 0.4) is 0 Å². The van der Waals surface area contributed by atoms with Gasteiger partial charge >= 0.3 is 17.9 Å². The van der Waals surface area contributed by atoms with Crippen molar-refractivity contribution >= 4 is 28.7 Å². The Hall–Kier alpha value is -2.73. The zero-order valence-electron chi connectivity index (χ0n) is 9.97. The van der Waals surface area contributed by atoms with E-state index in [0.717, 1.165) is 5.39 Å². The summed E-state index contributed by atoms with van der Waals surface area (Å²) in [5, 5.41) is 1.40. The van der Waals surface area contributed by atoms with Gasteiger partial charge < -0.3 is 4.74 Å². The summed E-state index contributed by atoms with van der Waals surface area (Å²) in [5.74, 6) is -1.91. The maximum atomic E-state index is 11.6. The number of cyclic esters (lactones) is 2. The highest BCUT2D eigenvalue weighted by Gasteiger charge is 2.31. The van der Waals surface area contributed by atoms with Crippen LogP contribution in [0.15, 0.2) is 24.3 Å².